The van der Waals surface area contributed by atoms with Crippen LogP contribution < -0.4 is 11.1 Å². The zero-order valence-electron chi connectivity index (χ0n) is 22.1. The van der Waals surface area contributed by atoms with Crippen LogP contribution in [0.15, 0.2) is 40.7 Å². The minimum Gasteiger partial charge on any atom is -0.508 e. The van der Waals surface area contributed by atoms with Gasteiger partial charge < -0.3 is 21.3 Å². The number of hydrogen-bond acceptors (Lipinski definition) is 12. The predicted molar refractivity (Wildman–Crippen MR) is 150 cm³/mol. The Morgan fingerprint density at radius 3 is 2.56 bits per heavy atom. The van der Waals surface area contributed by atoms with Crippen LogP contribution in [-0.2, 0) is 24.4 Å². The first-order valence-corrected chi connectivity index (χ1v) is 16.2. The number of amides is 2. The fourth-order valence-electron chi connectivity index (χ4n) is 4.60. The molecule has 2 aliphatic rings. The predicted octanol–water partition coefficient (Wildman–Crippen LogP) is -0.134. The Hall–Kier alpha value is -3.19. The van der Waals surface area contributed by atoms with Gasteiger partial charge in [0.1, 0.15) is 28.9 Å². The third-order valence-electron chi connectivity index (χ3n) is 6.73. The Morgan fingerprint density at radius 2 is 1.98 bits per heavy atom. The van der Waals surface area contributed by atoms with E-state index in [2.05, 4.69) is 25.9 Å². The second kappa shape index (κ2) is 12.8. The summed E-state index contributed by atoms with van der Waals surface area (Å²) in [5.41, 5.74) is 6.56. The molecule has 6 N–H and O–H groups in total. The van der Waals surface area contributed by atoms with E-state index in [1.807, 2.05) is 0 Å². The van der Waals surface area contributed by atoms with Crippen molar-refractivity contribution in [1.82, 2.24) is 35.1 Å². The third-order valence-corrected chi connectivity index (χ3v) is 11.3. The Balaban J connectivity index is 1.56. The number of thioether (sulfide) groups is 2. The number of carbonyl (C=O) groups excluding carboxylic acids is 2. The van der Waals surface area contributed by atoms with Crippen LogP contribution in [0.1, 0.15) is 31.9 Å². The molecule has 0 saturated carbocycles. The van der Waals surface area contributed by atoms with E-state index >= 15 is 0 Å². The van der Waals surface area contributed by atoms with E-state index in [4.69, 9.17) is 5.73 Å². The van der Waals surface area contributed by atoms with E-state index in [-0.39, 0.29) is 34.5 Å². The number of aliphatic carboxylic acids is 1. The maximum Gasteiger partial charge on any atom is 0.352 e. The van der Waals surface area contributed by atoms with Crippen molar-refractivity contribution in [3.63, 3.8) is 0 Å². The molecule has 2 aromatic rings. The summed E-state index contributed by atoms with van der Waals surface area (Å²) in [4.78, 5) is 39.6. The summed E-state index contributed by atoms with van der Waals surface area (Å²) >= 11 is 2.31. The van der Waals surface area contributed by atoms with E-state index in [1.54, 1.807) is 13.8 Å². The van der Waals surface area contributed by atoms with Crippen LogP contribution in [-0.4, -0.2) is 108 Å². The second-order valence-corrected chi connectivity index (χ2v) is 13.5. The van der Waals surface area contributed by atoms with Crippen LogP contribution in [0.2, 0.25) is 0 Å². The van der Waals surface area contributed by atoms with Gasteiger partial charge in [-0.1, -0.05) is 37.7 Å². The average molecular weight is 627 g/mol. The summed E-state index contributed by atoms with van der Waals surface area (Å²) in [7, 11) is -3.62. The monoisotopic (exact) mass is 626 g/mol. The van der Waals surface area contributed by atoms with Gasteiger partial charge in [0.15, 0.2) is 0 Å². The zero-order chi connectivity index (χ0) is 29.9. The van der Waals surface area contributed by atoms with Gasteiger partial charge >= 0.3 is 5.97 Å². The quantitative estimate of drug-likeness (QED) is 0.144. The normalized spacial score (nSPS) is 20.4. The second-order valence-electron chi connectivity index (χ2n) is 9.13. The van der Waals surface area contributed by atoms with Crippen molar-refractivity contribution in [2.24, 2.45) is 5.73 Å². The number of carboxylic acids is 1. The fraction of sp³-hybridized carbons (Fsp3) is 0.478. The molecule has 3 heterocycles. The van der Waals surface area contributed by atoms with E-state index in [9.17, 15) is 33.0 Å². The number of nitrogens with two attached hydrogens (primary N) is 1. The number of aromatic nitrogens is 4. The molecule has 2 aliphatic heterocycles. The number of nitrogens with one attached hydrogen (secondary N) is 2. The maximum atomic E-state index is 13.2. The lowest BCUT2D eigenvalue weighted by Crippen LogP contribution is -2.71. The van der Waals surface area contributed by atoms with Gasteiger partial charge in [-0.25, -0.2) is 17.5 Å². The highest BCUT2D eigenvalue weighted by molar-refractivity contribution is 8.01. The van der Waals surface area contributed by atoms with Gasteiger partial charge in [0.05, 0.1) is 5.75 Å². The van der Waals surface area contributed by atoms with Gasteiger partial charge in [0.25, 0.3) is 5.91 Å². The van der Waals surface area contributed by atoms with Crippen LogP contribution in [0.4, 0.5) is 0 Å². The number of carboxylic acid groups (broad SMARTS) is 1. The number of fused-ring (bicyclic) bond motifs is 1. The first kappa shape index (κ1) is 30.8. The third kappa shape index (κ3) is 6.50. The summed E-state index contributed by atoms with van der Waals surface area (Å²) in [6.07, 6.45) is 0.0407. The Bertz CT molecular complexity index is 1420. The molecule has 4 atom stereocenters. The van der Waals surface area contributed by atoms with Gasteiger partial charge in [-0.2, -0.15) is 5.21 Å². The molecule has 15 nitrogen and oxygen atoms in total. The van der Waals surface area contributed by atoms with Crippen molar-refractivity contribution in [1.29, 1.82) is 0 Å². The van der Waals surface area contributed by atoms with E-state index in [0.29, 0.717) is 24.2 Å². The molecule has 1 saturated heterocycles. The van der Waals surface area contributed by atoms with E-state index in [0.717, 1.165) is 16.7 Å². The van der Waals surface area contributed by atoms with Crippen LogP contribution >= 0.6 is 23.5 Å². The highest BCUT2D eigenvalue weighted by Crippen LogP contribution is 2.44. The van der Waals surface area contributed by atoms with Gasteiger partial charge in [0.2, 0.25) is 21.1 Å². The number of sulfonamides is 1. The fourth-order valence-corrected chi connectivity index (χ4v) is 8.87. The molecule has 1 aromatic heterocycles. The van der Waals surface area contributed by atoms with Gasteiger partial charge in [-0.3, -0.25) is 14.5 Å². The summed E-state index contributed by atoms with van der Waals surface area (Å²) in [6, 6.07) is 3.64. The molecule has 0 aliphatic carbocycles. The lowest BCUT2D eigenvalue weighted by molar-refractivity contribution is -0.150. The van der Waals surface area contributed by atoms with Crippen LogP contribution in [0, 0.1) is 0 Å². The number of H-pyrrole nitrogens is 1. The number of aromatic hydroxyl groups is 1. The molecule has 222 valence electrons. The van der Waals surface area contributed by atoms with E-state index in [1.165, 1.54) is 40.3 Å². The SMILES string of the molecule is CCN(CC)S(=O)(=O)CCC(Sc1nn[nH]n1)C1=C(C(=O)O)N2C(=O)C(NC(=O)C(N)c3ccc(O)cc3)[C@@H]2SC1. The van der Waals surface area contributed by atoms with Crippen molar-refractivity contribution in [3.05, 3.63) is 41.1 Å². The standard InChI is InChI=1S/C23H30N8O7S3/c1-3-30(4-2)41(37,38)10-9-15(40-23-26-28-29-27-23)14-11-39-21-17(20(34)31(21)18(14)22(35)36)25-19(33)16(24)12-5-7-13(32)8-6-12/h5-8,15-17,21,32H,3-4,9-11,24H2,1-2H3,(H,25,33)(H,35,36)(H,26,27,28,29)/t15?,16?,17?,21-/m0/s1. The molecule has 0 radical (unpaired) electrons. The average Bonchev–Trinajstić information content (AvgIpc) is 3.46. The summed E-state index contributed by atoms with van der Waals surface area (Å²) in [6.45, 7) is 4.07. The summed E-state index contributed by atoms with van der Waals surface area (Å²) in [5.74, 6) is -2.69. The molecule has 0 bridgehead atoms. The topological polar surface area (TPSA) is 225 Å². The van der Waals surface area contributed by atoms with Gasteiger partial charge in [0, 0.05) is 24.1 Å². The lowest BCUT2D eigenvalue weighted by Gasteiger charge is -2.50. The zero-order valence-corrected chi connectivity index (χ0v) is 24.6. The van der Waals surface area contributed by atoms with Crippen LogP contribution in [0.25, 0.3) is 0 Å². The minimum atomic E-state index is -3.62. The molecule has 41 heavy (non-hydrogen) atoms. The number of phenols is 1. The highest BCUT2D eigenvalue weighted by atomic mass is 32.2. The number of nitrogens with zero attached hydrogens (tertiary/aromatic N) is 5. The van der Waals surface area contributed by atoms with Gasteiger partial charge in [-0.15, -0.1) is 22.0 Å². The lowest BCUT2D eigenvalue weighted by atomic mass is 9.99. The largest absolute Gasteiger partial charge is 0.508 e. The number of benzene rings is 1. The van der Waals surface area contributed by atoms with Crippen molar-refractivity contribution in [3.8, 4) is 5.75 Å². The Labute approximate surface area is 244 Å². The number of aromatic amines is 1. The summed E-state index contributed by atoms with van der Waals surface area (Å²) in [5, 5.41) is 34.7. The first-order chi connectivity index (χ1) is 19.5. The van der Waals surface area contributed by atoms with Crippen molar-refractivity contribution >= 4 is 51.3 Å². The van der Waals surface area contributed by atoms with Crippen molar-refractivity contribution < 1.29 is 33.0 Å². The molecule has 18 heteroatoms. The molecule has 0 spiro atoms. The molecule has 1 fully saturated rings. The molecular weight excluding hydrogens is 597 g/mol. The number of tetrazole rings is 1. The maximum absolute atomic E-state index is 13.2. The molecule has 4 rings (SSSR count). The molecular formula is C23H30N8O7S3. The summed E-state index contributed by atoms with van der Waals surface area (Å²) < 4.78 is 27.1. The smallest absolute Gasteiger partial charge is 0.352 e. The van der Waals surface area contributed by atoms with Gasteiger partial charge in [-0.05, 0) is 34.9 Å². The number of hydrogen-bond donors (Lipinski definition) is 5. The van der Waals surface area contributed by atoms with Crippen molar-refractivity contribution in [2.45, 2.75) is 48.1 Å². The Kier molecular flexibility index (Phi) is 9.58. The van der Waals surface area contributed by atoms with Crippen LogP contribution in [0.3, 0.4) is 0 Å². The molecule has 2 amide bonds. The molecule has 1 aromatic carbocycles. The minimum absolute atomic E-state index is 0.00928. The number of β-lactam (4-membered cyclic amide) rings is 1. The Morgan fingerprint density at radius 1 is 1.29 bits per heavy atom. The van der Waals surface area contributed by atoms with Crippen molar-refractivity contribution in [2.75, 3.05) is 24.6 Å². The number of rotatable bonds is 13. The number of carbonyl (C=O) groups is 3. The van der Waals surface area contributed by atoms with E-state index < -0.39 is 50.5 Å². The highest BCUT2D eigenvalue weighted by Gasteiger charge is 2.55. The first-order valence-electron chi connectivity index (χ1n) is 12.6. The number of phenolic OH excluding ortho intramolecular Hbond substituents is 1. The van der Waals surface area contributed by atoms with Crippen LogP contribution in [0.5, 0.6) is 5.75 Å². The molecule has 3 unspecified atom stereocenters.